The van der Waals surface area contributed by atoms with Crippen LogP contribution in [0, 0.1) is 0 Å². The van der Waals surface area contributed by atoms with Crippen molar-refractivity contribution in [1.82, 2.24) is 5.32 Å². The molecule has 2 fully saturated rings. The van der Waals surface area contributed by atoms with E-state index < -0.39 is 86.8 Å². The summed E-state index contributed by atoms with van der Waals surface area (Å²) in [4.78, 5) is 13.4. The van der Waals surface area contributed by atoms with Crippen molar-refractivity contribution in [2.45, 2.75) is 479 Å². The summed E-state index contributed by atoms with van der Waals surface area (Å²) in [5, 5.41) is 88.0. The van der Waals surface area contributed by atoms with E-state index in [1.165, 1.54) is 302 Å². The minimum atomic E-state index is -1.78. The number of rotatable bonds is 74. The van der Waals surface area contributed by atoms with E-state index in [-0.39, 0.29) is 12.5 Å². The highest BCUT2D eigenvalue weighted by Gasteiger charge is 2.51. The van der Waals surface area contributed by atoms with Gasteiger partial charge in [-0.25, -0.2) is 0 Å². The first-order valence-corrected chi connectivity index (χ1v) is 43.4. The quantitative estimate of drug-likeness (QED) is 0.0204. The van der Waals surface area contributed by atoms with Gasteiger partial charge in [-0.3, -0.25) is 4.79 Å². The monoisotopic (exact) mass is 1430 g/mol. The molecule has 12 unspecified atom stereocenters. The van der Waals surface area contributed by atoms with Crippen molar-refractivity contribution < 1.29 is 64.6 Å². The summed E-state index contributed by atoms with van der Waals surface area (Å²) < 4.78 is 23.0. The minimum Gasteiger partial charge on any atom is -0.394 e. The van der Waals surface area contributed by atoms with Crippen molar-refractivity contribution >= 4 is 5.91 Å². The molecule has 0 aromatic heterocycles. The lowest BCUT2D eigenvalue weighted by atomic mass is 9.97. The lowest BCUT2D eigenvalue weighted by Crippen LogP contribution is -2.65. The molecule has 0 aromatic rings. The topological polar surface area (TPSA) is 228 Å². The molecule has 2 heterocycles. The first-order chi connectivity index (χ1) is 49.6. The molecule has 14 heteroatoms. The van der Waals surface area contributed by atoms with Crippen LogP contribution in [0.25, 0.3) is 0 Å². The Balaban J connectivity index is 1.54. The van der Waals surface area contributed by atoms with Gasteiger partial charge in [-0.05, 0) is 51.4 Å². The van der Waals surface area contributed by atoms with Crippen molar-refractivity contribution in [3.05, 3.63) is 48.6 Å². The van der Waals surface area contributed by atoms with Crippen LogP contribution < -0.4 is 5.32 Å². The van der Waals surface area contributed by atoms with Crippen LogP contribution in [0.3, 0.4) is 0 Å². The number of unbranched alkanes of at least 4 members (excludes halogenated alkanes) is 53. The van der Waals surface area contributed by atoms with Gasteiger partial charge in [0, 0.05) is 6.42 Å². The van der Waals surface area contributed by atoms with E-state index in [0.29, 0.717) is 12.8 Å². The van der Waals surface area contributed by atoms with Crippen molar-refractivity contribution in [3.63, 3.8) is 0 Å². The molecule has 2 saturated heterocycles. The maximum atomic E-state index is 13.4. The molecule has 0 radical (unpaired) electrons. The van der Waals surface area contributed by atoms with Gasteiger partial charge in [0.2, 0.25) is 5.91 Å². The van der Waals surface area contributed by atoms with Gasteiger partial charge in [-0.1, -0.05) is 396 Å². The highest BCUT2D eigenvalue weighted by molar-refractivity contribution is 5.76. The highest BCUT2D eigenvalue weighted by atomic mass is 16.7. The zero-order valence-corrected chi connectivity index (χ0v) is 65.4. The van der Waals surface area contributed by atoms with Gasteiger partial charge in [0.25, 0.3) is 0 Å². The molecular formula is C87H163NO13. The Hall–Kier alpha value is -2.05. The minimum absolute atomic E-state index is 0.197. The molecule has 12 atom stereocenters. The summed E-state index contributed by atoms with van der Waals surface area (Å²) >= 11 is 0. The van der Waals surface area contributed by atoms with E-state index in [1.807, 2.05) is 0 Å². The van der Waals surface area contributed by atoms with Gasteiger partial charge in [0.05, 0.1) is 32.0 Å². The van der Waals surface area contributed by atoms with Crippen LogP contribution in [0.5, 0.6) is 0 Å². The average Bonchev–Trinajstić information content (AvgIpc) is 0.792. The van der Waals surface area contributed by atoms with Crippen LogP contribution in [-0.2, 0) is 23.7 Å². The molecule has 9 N–H and O–H groups in total. The van der Waals surface area contributed by atoms with Crippen molar-refractivity contribution in [2.24, 2.45) is 0 Å². The van der Waals surface area contributed by atoms with Gasteiger partial charge in [-0.2, -0.15) is 0 Å². The van der Waals surface area contributed by atoms with Crippen LogP contribution in [-0.4, -0.2) is 140 Å². The third kappa shape index (κ3) is 53.4. The predicted molar refractivity (Wildman–Crippen MR) is 420 cm³/mol. The maximum Gasteiger partial charge on any atom is 0.220 e. The zero-order chi connectivity index (χ0) is 73.0. The lowest BCUT2D eigenvalue weighted by molar-refractivity contribution is -0.359. The highest BCUT2D eigenvalue weighted by Crippen LogP contribution is 2.31. The molecule has 2 aliphatic rings. The normalized spacial score (nSPS) is 21.9. The van der Waals surface area contributed by atoms with Gasteiger partial charge in [0.15, 0.2) is 12.6 Å². The maximum absolute atomic E-state index is 13.4. The number of amides is 1. The first-order valence-electron chi connectivity index (χ1n) is 43.4. The first kappa shape index (κ1) is 95.0. The average molecular weight is 1430 g/mol. The van der Waals surface area contributed by atoms with Gasteiger partial charge < -0.3 is 65.1 Å². The Kier molecular flexibility index (Phi) is 66.7. The van der Waals surface area contributed by atoms with E-state index >= 15 is 0 Å². The fourth-order valence-corrected chi connectivity index (χ4v) is 14.5. The zero-order valence-electron chi connectivity index (χ0n) is 65.4. The summed E-state index contributed by atoms with van der Waals surface area (Å²) in [6.45, 7) is 2.82. The Morgan fingerprint density at radius 3 is 1.05 bits per heavy atom. The van der Waals surface area contributed by atoms with Gasteiger partial charge in [0.1, 0.15) is 48.8 Å². The van der Waals surface area contributed by atoms with Crippen LogP contribution in [0.1, 0.15) is 406 Å². The number of aliphatic hydroxyl groups is 8. The molecule has 0 aliphatic carbocycles. The van der Waals surface area contributed by atoms with E-state index in [1.54, 1.807) is 0 Å². The largest absolute Gasteiger partial charge is 0.394 e. The fraction of sp³-hybridized carbons (Fsp3) is 0.897. The van der Waals surface area contributed by atoms with Crippen LogP contribution >= 0.6 is 0 Å². The van der Waals surface area contributed by atoms with E-state index in [0.717, 1.165) is 77.0 Å². The molecular weight excluding hydrogens is 1270 g/mol. The smallest absolute Gasteiger partial charge is 0.220 e. The predicted octanol–water partition coefficient (Wildman–Crippen LogP) is 20.5. The Morgan fingerprint density at radius 1 is 0.366 bits per heavy atom. The number of ether oxygens (including phenoxy) is 4. The van der Waals surface area contributed by atoms with Gasteiger partial charge in [-0.15, -0.1) is 0 Å². The summed E-state index contributed by atoms with van der Waals surface area (Å²) in [5.74, 6) is -0.197. The number of hydrogen-bond donors (Lipinski definition) is 9. The third-order valence-corrected chi connectivity index (χ3v) is 21.3. The number of nitrogens with one attached hydrogen (secondary N) is 1. The summed E-state index contributed by atoms with van der Waals surface area (Å²) in [5.41, 5.74) is 0. The lowest BCUT2D eigenvalue weighted by Gasteiger charge is -2.46. The molecule has 594 valence electrons. The number of hydrogen-bond acceptors (Lipinski definition) is 13. The van der Waals surface area contributed by atoms with Crippen molar-refractivity contribution in [1.29, 1.82) is 0 Å². The molecule has 0 saturated carbocycles. The van der Waals surface area contributed by atoms with Crippen LogP contribution in [0.2, 0.25) is 0 Å². The second kappa shape index (κ2) is 70.9. The fourth-order valence-electron chi connectivity index (χ4n) is 14.5. The summed E-state index contributed by atoms with van der Waals surface area (Å²) in [6, 6.07) is -0.829. The molecule has 2 aliphatic heterocycles. The molecule has 0 bridgehead atoms. The second-order valence-corrected chi connectivity index (χ2v) is 30.6. The van der Waals surface area contributed by atoms with Crippen LogP contribution in [0.15, 0.2) is 48.6 Å². The van der Waals surface area contributed by atoms with E-state index in [2.05, 4.69) is 67.8 Å². The number of carbonyl (C=O) groups is 1. The standard InChI is InChI=1S/C87H163NO13/c1-3-5-7-9-11-13-15-17-19-21-23-25-27-29-31-32-33-34-35-36-37-38-39-40-41-42-43-44-45-47-49-51-53-55-57-59-61-63-65-67-69-71-79(92)88-75(74-98-86-84(97)82(95)85(78(73-90)100-86)101-87-83(96)81(94)80(93)77(72-89)99-87)76(91)70-68-66-64-62-60-58-56-54-52-50-48-46-30-28-26-24-22-20-18-16-14-12-10-8-6-4-2/h5,7,11,13,17,19,23,25,75-78,80-87,89-91,93-97H,3-4,6,8-10,12,14-16,18,20-22,24,26-74H2,1-2H3,(H,88,92)/b7-5-,13-11-,19-17-,25-23-. The number of aliphatic hydroxyl groups excluding tert-OH is 8. The molecule has 0 spiro atoms. The summed E-state index contributed by atoms with van der Waals surface area (Å²) in [6.07, 6.45) is 79.0. The van der Waals surface area contributed by atoms with Crippen molar-refractivity contribution in [3.8, 4) is 0 Å². The third-order valence-electron chi connectivity index (χ3n) is 21.3. The Bertz CT molecular complexity index is 1880. The number of allylic oxidation sites excluding steroid dienone is 8. The van der Waals surface area contributed by atoms with Gasteiger partial charge >= 0.3 is 0 Å². The summed E-state index contributed by atoms with van der Waals surface area (Å²) in [7, 11) is 0. The molecule has 14 nitrogen and oxygen atoms in total. The van der Waals surface area contributed by atoms with E-state index in [9.17, 15) is 45.6 Å². The SMILES string of the molecule is CC/C=C\C/C=C\C/C=C\C/C=C\CCCCCCCCCCCCCCCCCCCCCCCCCCCCCCC(=O)NC(COC1OC(CO)C(OC2OC(CO)C(O)C(O)C2O)C(O)C1O)C(O)CCCCCCCCCCCCCCCCCCCCCCCCCCCC. The molecule has 1 amide bonds. The number of carbonyl (C=O) groups excluding carboxylic acids is 1. The molecule has 101 heavy (non-hydrogen) atoms. The van der Waals surface area contributed by atoms with Crippen molar-refractivity contribution in [2.75, 3.05) is 19.8 Å². The second-order valence-electron chi connectivity index (χ2n) is 30.6. The molecule has 2 rings (SSSR count). The van der Waals surface area contributed by atoms with Crippen LogP contribution in [0.4, 0.5) is 0 Å². The molecule has 0 aromatic carbocycles. The Labute approximate surface area is 620 Å². The Morgan fingerprint density at radius 2 is 0.683 bits per heavy atom. The van der Waals surface area contributed by atoms with E-state index in [4.69, 9.17) is 18.9 Å².